The zero-order valence-electron chi connectivity index (χ0n) is 6.84. The van der Waals surface area contributed by atoms with Gasteiger partial charge in [0.05, 0.1) is 0 Å². The van der Waals surface area contributed by atoms with Gasteiger partial charge in [-0.2, -0.15) is 0 Å². The van der Waals surface area contributed by atoms with Crippen molar-refractivity contribution in [2.24, 2.45) is 5.84 Å². The predicted molar refractivity (Wildman–Crippen MR) is 41.2 cm³/mol. The van der Waals surface area contributed by atoms with Gasteiger partial charge in [0.2, 0.25) is 0 Å². The van der Waals surface area contributed by atoms with Crippen LogP contribution in [0.3, 0.4) is 0 Å². The van der Waals surface area contributed by atoms with Crippen LogP contribution in [0.5, 0.6) is 0 Å². The number of hydrogen-bond acceptors (Lipinski definition) is 4. The number of urea groups is 2. The molecule has 0 aliphatic rings. The van der Waals surface area contributed by atoms with Crippen LogP contribution in [-0.4, -0.2) is 31.4 Å². The fraction of sp³-hybridized carbons (Fsp3) is 0.500. The minimum absolute atomic E-state index is 0.533. The summed E-state index contributed by atoms with van der Waals surface area (Å²) in [5.41, 5.74) is 4.17. The van der Waals surface area contributed by atoms with Gasteiger partial charge in [-0.05, 0) is 0 Å². The monoisotopic (exact) mass is 176 g/mol. The van der Waals surface area contributed by atoms with E-state index in [-0.39, 0.29) is 0 Å². The number of nitrogens with two attached hydrogens (primary N) is 1. The standard InChI is InChI=1S/C4H12N6O2/c1-6-3(11)8-10(5)9-4(12)7-2/h5H2,1-2H3,(H2,6,8,11)(H2,7,9,12). The molecule has 0 spiro atoms. The lowest BCUT2D eigenvalue weighted by Gasteiger charge is -2.16. The van der Waals surface area contributed by atoms with Crippen LogP contribution in [0.15, 0.2) is 0 Å². The number of nitrogens with zero attached hydrogens (tertiary/aromatic N) is 1. The minimum atomic E-state index is -0.533. The molecule has 8 heteroatoms. The van der Waals surface area contributed by atoms with E-state index in [2.05, 4.69) is 21.5 Å². The summed E-state index contributed by atoms with van der Waals surface area (Å²) in [5.74, 6) is 5.12. The zero-order chi connectivity index (χ0) is 9.56. The molecule has 0 bridgehead atoms. The molecule has 0 heterocycles. The number of amides is 4. The summed E-state index contributed by atoms with van der Waals surface area (Å²) in [7, 11) is 2.84. The van der Waals surface area contributed by atoms with E-state index in [9.17, 15) is 9.59 Å². The van der Waals surface area contributed by atoms with Crippen molar-refractivity contribution in [3.8, 4) is 0 Å². The average molecular weight is 176 g/mol. The maximum Gasteiger partial charge on any atom is 0.331 e. The third-order valence-corrected chi connectivity index (χ3v) is 0.898. The van der Waals surface area contributed by atoms with E-state index < -0.39 is 12.1 Å². The van der Waals surface area contributed by atoms with Gasteiger partial charge in [0, 0.05) is 14.1 Å². The lowest BCUT2D eigenvalue weighted by molar-refractivity contribution is 0.132. The molecule has 0 aliphatic heterocycles. The second-order valence-corrected chi connectivity index (χ2v) is 1.75. The van der Waals surface area contributed by atoms with Gasteiger partial charge in [0.15, 0.2) is 0 Å². The van der Waals surface area contributed by atoms with E-state index in [1.807, 2.05) is 0 Å². The van der Waals surface area contributed by atoms with Crippen molar-refractivity contribution in [2.75, 3.05) is 14.1 Å². The highest BCUT2D eigenvalue weighted by Gasteiger charge is 2.04. The molecular weight excluding hydrogens is 164 g/mol. The maximum absolute atomic E-state index is 10.6. The second-order valence-electron chi connectivity index (χ2n) is 1.75. The summed E-state index contributed by atoms with van der Waals surface area (Å²) >= 11 is 0. The largest absolute Gasteiger partial charge is 0.340 e. The lowest BCUT2D eigenvalue weighted by Crippen LogP contribution is -2.60. The maximum atomic E-state index is 10.6. The van der Waals surface area contributed by atoms with Crippen LogP contribution in [0.2, 0.25) is 0 Å². The molecule has 70 valence electrons. The molecule has 6 N–H and O–H groups in total. The molecular formula is C4H12N6O2. The Kier molecular flexibility index (Phi) is 4.49. The normalized spacial score (nSPS) is 9.00. The molecule has 0 saturated carbocycles. The van der Waals surface area contributed by atoms with Crippen molar-refractivity contribution in [1.29, 1.82) is 0 Å². The molecule has 0 fully saturated rings. The summed E-state index contributed by atoms with van der Waals surface area (Å²) in [5, 5.41) is 5.12. The molecule has 0 aromatic carbocycles. The molecule has 0 aromatic heterocycles. The summed E-state index contributed by atoms with van der Waals surface area (Å²) in [6, 6.07) is -1.07. The Labute approximate surface area is 69.4 Å². The third kappa shape index (κ3) is 4.30. The molecule has 4 amide bonds. The first kappa shape index (κ1) is 10.5. The Hall–Kier alpha value is -1.54. The number of nitrogens with one attached hydrogen (secondary N) is 4. The highest BCUT2D eigenvalue weighted by Crippen LogP contribution is 1.64. The number of carbonyl (C=O) groups excluding carboxylic acids is 2. The smallest absolute Gasteiger partial charge is 0.331 e. The number of rotatable bonds is 2. The molecule has 0 saturated heterocycles. The Balaban J connectivity index is 3.66. The quantitative estimate of drug-likeness (QED) is 0.244. The summed E-state index contributed by atoms with van der Waals surface area (Å²) in [6.07, 6.45) is 0. The van der Waals surface area contributed by atoms with Crippen LogP contribution in [0.1, 0.15) is 0 Å². The summed E-state index contributed by atoms with van der Waals surface area (Å²) in [6.45, 7) is 0. The molecule has 0 atom stereocenters. The molecule has 0 aliphatic carbocycles. The SMILES string of the molecule is CNC(=O)NN(N)NC(=O)NC. The molecule has 8 nitrogen and oxygen atoms in total. The van der Waals surface area contributed by atoms with Crippen molar-refractivity contribution >= 4 is 12.1 Å². The average Bonchev–Trinajstić information content (AvgIpc) is 2.03. The lowest BCUT2D eigenvalue weighted by atomic mass is 11.0. The van der Waals surface area contributed by atoms with Crippen LogP contribution in [0.4, 0.5) is 9.59 Å². The van der Waals surface area contributed by atoms with E-state index in [4.69, 9.17) is 5.84 Å². The Morgan fingerprint density at radius 3 is 1.67 bits per heavy atom. The first-order valence-electron chi connectivity index (χ1n) is 3.11. The summed E-state index contributed by atoms with van der Waals surface area (Å²) < 4.78 is 0. The van der Waals surface area contributed by atoms with E-state index in [0.717, 1.165) is 0 Å². The van der Waals surface area contributed by atoms with E-state index in [1.54, 1.807) is 0 Å². The molecule has 0 radical (unpaired) electrons. The topological polar surface area (TPSA) is 112 Å². The van der Waals surface area contributed by atoms with E-state index in [1.165, 1.54) is 14.1 Å². The zero-order valence-corrected chi connectivity index (χ0v) is 6.84. The fourth-order valence-electron chi connectivity index (χ4n) is 0.359. The van der Waals surface area contributed by atoms with Crippen molar-refractivity contribution < 1.29 is 9.59 Å². The van der Waals surface area contributed by atoms with Crippen LogP contribution in [-0.2, 0) is 0 Å². The second kappa shape index (κ2) is 5.16. The molecule has 0 unspecified atom stereocenters. The van der Waals surface area contributed by atoms with Crippen molar-refractivity contribution in [2.45, 2.75) is 0 Å². The van der Waals surface area contributed by atoms with Crippen molar-refractivity contribution in [3.63, 3.8) is 0 Å². The van der Waals surface area contributed by atoms with Gasteiger partial charge >= 0.3 is 12.1 Å². The first-order chi connectivity index (χ1) is 5.60. The van der Waals surface area contributed by atoms with Crippen molar-refractivity contribution in [1.82, 2.24) is 26.7 Å². The summed E-state index contributed by atoms with van der Waals surface area (Å²) in [4.78, 5) is 21.2. The van der Waals surface area contributed by atoms with Gasteiger partial charge in [-0.15, -0.1) is 0 Å². The van der Waals surface area contributed by atoms with Gasteiger partial charge in [-0.1, -0.05) is 5.23 Å². The number of hydrazine groups is 3. The van der Waals surface area contributed by atoms with Gasteiger partial charge in [0.25, 0.3) is 0 Å². The fourth-order valence-corrected chi connectivity index (χ4v) is 0.359. The Morgan fingerprint density at radius 1 is 1.08 bits per heavy atom. The van der Waals surface area contributed by atoms with Crippen molar-refractivity contribution in [3.05, 3.63) is 0 Å². The molecule has 0 rings (SSSR count). The minimum Gasteiger partial charge on any atom is -0.340 e. The number of hydrogen-bond donors (Lipinski definition) is 5. The van der Waals surface area contributed by atoms with Gasteiger partial charge in [0.1, 0.15) is 0 Å². The van der Waals surface area contributed by atoms with Crippen LogP contribution in [0.25, 0.3) is 0 Å². The molecule has 0 aromatic rings. The van der Waals surface area contributed by atoms with Crippen LogP contribution >= 0.6 is 0 Å². The Morgan fingerprint density at radius 2 is 1.42 bits per heavy atom. The van der Waals surface area contributed by atoms with Crippen LogP contribution < -0.4 is 27.3 Å². The van der Waals surface area contributed by atoms with E-state index >= 15 is 0 Å². The van der Waals surface area contributed by atoms with Crippen LogP contribution in [0, 0.1) is 0 Å². The predicted octanol–water partition coefficient (Wildman–Crippen LogP) is -2.15. The van der Waals surface area contributed by atoms with Gasteiger partial charge < -0.3 is 10.6 Å². The van der Waals surface area contributed by atoms with Gasteiger partial charge in [-0.3, -0.25) is 0 Å². The Bertz CT molecular complexity index is 153. The first-order valence-corrected chi connectivity index (χ1v) is 3.11. The van der Waals surface area contributed by atoms with E-state index in [0.29, 0.717) is 5.23 Å². The third-order valence-electron chi connectivity index (χ3n) is 0.898. The number of carbonyl (C=O) groups is 2. The molecule has 12 heavy (non-hydrogen) atoms. The highest BCUT2D eigenvalue weighted by molar-refractivity contribution is 5.75. The highest BCUT2D eigenvalue weighted by atomic mass is 16.2. The van der Waals surface area contributed by atoms with Gasteiger partial charge in [-0.25, -0.2) is 26.3 Å².